The fourth-order valence-corrected chi connectivity index (χ4v) is 5.43. The number of carbonyl (C=O) groups is 1. The Morgan fingerprint density at radius 1 is 1.19 bits per heavy atom. The van der Waals surface area contributed by atoms with Gasteiger partial charge in [-0.25, -0.2) is 8.42 Å². The van der Waals surface area contributed by atoms with Gasteiger partial charge in [0, 0.05) is 26.7 Å². The number of hydrogen-bond acceptors (Lipinski definition) is 5. The molecule has 1 amide bonds. The first kappa shape index (κ1) is 19.0. The van der Waals surface area contributed by atoms with Crippen LogP contribution in [0.3, 0.4) is 0 Å². The molecular formula is C18H23N3O3S2. The summed E-state index contributed by atoms with van der Waals surface area (Å²) < 4.78 is 26.5. The summed E-state index contributed by atoms with van der Waals surface area (Å²) in [5.41, 5.74) is 1.07. The average Bonchev–Trinajstić information content (AvgIpc) is 3.17. The summed E-state index contributed by atoms with van der Waals surface area (Å²) in [5.74, 6) is -0.172. The van der Waals surface area contributed by atoms with Crippen molar-refractivity contribution in [3.8, 4) is 0 Å². The van der Waals surface area contributed by atoms with Gasteiger partial charge >= 0.3 is 0 Å². The highest BCUT2D eigenvalue weighted by molar-refractivity contribution is 7.91. The zero-order valence-corrected chi connectivity index (χ0v) is 16.5. The molecule has 0 spiro atoms. The van der Waals surface area contributed by atoms with Crippen molar-refractivity contribution in [3.63, 3.8) is 0 Å². The second-order valence-electron chi connectivity index (χ2n) is 6.47. The van der Waals surface area contributed by atoms with E-state index in [9.17, 15) is 13.2 Å². The third-order valence-electron chi connectivity index (χ3n) is 4.61. The third kappa shape index (κ3) is 3.98. The fraction of sp³-hybridized carbons (Fsp3) is 0.389. The molecule has 0 saturated carbocycles. The third-order valence-corrected chi connectivity index (χ3v) is 7.78. The smallest absolute Gasteiger partial charge is 0.252 e. The van der Waals surface area contributed by atoms with E-state index in [1.54, 1.807) is 22.4 Å². The van der Waals surface area contributed by atoms with Gasteiger partial charge in [0.05, 0.1) is 12.6 Å². The number of rotatable bonds is 5. The maximum atomic E-state index is 12.9. The number of likely N-dealkylation sites (N-methyl/N-ethyl adjacent to an activating group) is 2. The molecule has 2 heterocycles. The van der Waals surface area contributed by atoms with E-state index in [-0.39, 0.29) is 22.7 Å². The Labute approximate surface area is 158 Å². The molecule has 0 bridgehead atoms. The molecule has 6 nitrogen and oxygen atoms in total. The van der Waals surface area contributed by atoms with Gasteiger partial charge in [0.1, 0.15) is 4.21 Å². The fourth-order valence-electron chi connectivity index (χ4n) is 3.11. The van der Waals surface area contributed by atoms with E-state index in [1.807, 2.05) is 37.4 Å². The minimum absolute atomic E-state index is 0.0692. The lowest BCUT2D eigenvalue weighted by atomic mass is 10.0. The second-order valence-corrected chi connectivity index (χ2v) is 9.69. The quantitative estimate of drug-likeness (QED) is 0.778. The monoisotopic (exact) mass is 393 g/mol. The van der Waals surface area contributed by atoms with E-state index in [2.05, 4.69) is 4.90 Å². The van der Waals surface area contributed by atoms with Crippen LogP contribution in [0.5, 0.6) is 0 Å². The molecule has 0 radical (unpaired) electrons. The first-order valence-corrected chi connectivity index (χ1v) is 10.7. The Hall–Kier alpha value is -1.74. The molecule has 1 atom stereocenters. The lowest BCUT2D eigenvalue weighted by Crippen LogP contribution is -2.51. The summed E-state index contributed by atoms with van der Waals surface area (Å²) in [7, 11) is -0.137. The lowest BCUT2D eigenvalue weighted by Gasteiger charge is -2.40. The van der Waals surface area contributed by atoms with Gasteiger partial charge in [0.25, 0.3) is 10.0 Å². The number of sulfonamides is 1. The van der Waals surface area contributed by atoms with Crippen molar-refractivity contribution in [2.45, 2.75) is 10.3 Å². The standard InChI is InChI=1S/C18H23N3O3S2/c1-19-10-11-21(16(13-19)15-7-4-3-5-8-15)17(22)14-20(2)26(23,24)18-9-6-12-25-18/h3-9,12,16H,10-11,13-14H2,1-2H3/t16-/m0/s1. The van der Waals surface area contributed by atoms with Crippen molar-refractivity contribution < 1.29 is 13.2 Å². The van der Waals surface area contributed by atoms with Gasteiger partial charge in [-0.3, -0.25) is 4.79 Å². The minimum Gasteiger partial charge on any atom is -0.332 e. The number of nitrogens with zero attached hydrogens (tertiary/aromatic N) is 3. The summed E-state index contributed by atoms with van der Waals surface area (Å²) in [6, 6.07) is 13.1. The maximum absolute atomic E-state index is 12.9. The summed E-state index contributed by atoms with van der Waals surface area (Å²) in [6.07, 6.45) is 0. The molecule has 2 aromatic rings. The molecule has 140 valence electrons. The molecule has 3 rings (SSSR count). The van der Waals surface area contributed by atoms with Crippen LogP contribution < -0.4 is 0 Å². The topological polar surface area (TPSA) is 60.9 Å². The van der Waals surface area contributed by atoms with Crippen LogP contribution in [-0.4, -0.2) is 68.7 Å². The van der Waals surface area contributed by atoms with Crippen LogP contribution in [-0.2, 0) is 14.8 Å². The van der Waals surface area contributed by atoms with E-state index in [1.165, 1.54) is 7.05 Å². The number of carbonyl (C=O) groups excluding carboxylic acids is 1. The van der Waals surface area contributed by atoms with Crippen molar-refractivity contribution in [2.24, 2.45) is 0 Å². The summed E-state index contributed by atoms with van der Waals surface area (Å²) in [6.45, 7) is 1.93. The predicted octanol–water partition coefficient (Wildman–Crippen LogP) is 1.88. The minimum atomic E-state index is -3.63. The van der Waals surface area contributed by atoms with Crippen molar-refractivity contribution in [3.05, 3.63) is 53.4 Å². The highest BCUT2D eigenvalue weighted by Gasteiger charge is 2.32. The van der Waals surface area contributed by atoms with E-state index in [0.29, 0.717) is 6.54 Å². The van der Waals surface area contributed by atoms with Crippen LogP contribution in [0.15, 0.2) is 52.1 Å². The van der Waals surface area contributed by atoms with Crippen LogP contribution in [0.4, 0.5) is 0 Å². The van der Waals surface area contributed by atoms with E-state index in [4.69, 9.17) is 0 Å². The molecular weight excluding hydrogens is 370 g/mol. The molecule has 1 aromatic heterocycles. The van der Waals surface area contributed by atoms with Crippen LogP contribution in [0.2, 0.25) is 0 Å². The SMILES string of the molecule is CN1CCN(C(=O)CN(C)S(=O)(=O)c2cccs2)[C@H](c2ccccc2)C1. The van der Waals surface area contributed by atoms with E-state index < -0.39 is 10.0 Å². The molecule has 1 aromatic carbocycles. The average molecular weight is 394 g/mol. The van der Waals surface area contributed by atoms with Crippen LogP contribution in [0.25, 0.3) is 0 Å². The molecule has 1 aliphatic heterocycles. The van der Waals surface area contributed by atoms with E-state index in [0.717, 1.165) is 34.3 Å². The summed E-state index contributed by atoms with van der Waals surface area (Å²) >= 11 is 1.16. The molecule has 1 saturated heterocycles. The van der Waals surface area contributed by atoms with Gasteiger partial charge in [0.15, 0.2) is 0 Å². The van der Waals surface area contributed by atoms with Crippen LogP contribution in [0.1, 0.15) is 11.6 Å². The normalized spacial score (nSPS) is 19.0. The van der Waals surface area contributed by atoms with Gasteiger partial charge in [-0.05, 0) is 24.1 Å². The zero-order chi connectivity index (χ0) is 18.7. The summed E-state index contributed by atoms with van der Waals surface area (Å²) in [4.78, 5) is 16.9. The Balaban J connectivity index is 1.77. The van der Waals surface area contributed by atoms with Crippen LogP contribution >= 0.6 is 11.3 Å². The Kier molecular flexibility index (Phi) is 5.76. The van der Waals surface area contributed by atoms with Crippen molar-refractivity contribution >= 4 is 27.3 Å². The Bertz CT molecular complexity index is 838. The molecule has 0 N–H and O–H groups in total. The van der Waals surface area contributed by atoms with Gasteiger partial charge in [-0.1, -0.05) is 36.4 Å². The highest BCUT2D eigenvalue weighted by Crippen LogP contribution is 2.26. The number of amides is 1. The number of thiophene rings is 1. The molecule has 8 heteroatoms. The van der Waals surface area contributed by atoms with Crippen molar-refractivity contribution in [1.82, 2.24) is 14.1 Å². The molecule has 0 aliphatic carbocycles. The molecule has 26 heavy (non-hydrogen) atoms. The first-order valence-electron chi connectivity index (χ1n) is 8.42. The summed E-state index contributed by atoms with van der Waals surface area (Å²) in [5, 5.41) is 1.72. The van der Waals surface area contributed by atoms with Gasteiger partial charge in [-0.2, -0.15) is 4.31 Å². The second kappa shape index (κ2) is 7.87. The molecule has 0 unspecified atom stereocenters. The largest absolute Gasteiger partial charge is 0.332 e. The number of piperazine rings is 1. The van der Waals surface area contributed by atoms with Crippen molar-refractivity contribution in [1.29, 1.82) is 0 Å². The van der Waals surface area contributed by atoms with Crippen molar-refractivity contribution in [2.75, 3.05) is 40.3 Å². The van der Waals surface area contributed by atoms with Gasteiger partial charge in [-0.15, -0.1) is 11.3 Å². The maximum Gasteiger partial charge on any atom is 0.252 e. The van der Waals surface area contributed by atoms with E-state index >= 15 is 0 Å². The highest BCUT2D eigenvalue weighted by atomic mass is 32.2. The molecule has 1 aliphatic rings. The number of hydrogen-bond donors (Lipinski definition) is 0. The number of benzene rings is 1. The Morgan fingerprint density at radius 2 is 1.92 bits per heavy atom. The first-order chi connectivity index (χ1) is 12.4. The van der Waals surface area contributed by atoms with Gasteiger partial charge < -0.3 is 9.80 Å². The van der Waals surface area contributed by atoms with Crippen LogP contribution in [0, 0.1) is 0 Å². The molecule has 1 fully saturated rings. The predicted molar refractivity (Wildman–Crippen MR) is 103 cm³/mol. The van der Waals surface area contributed by atoms with Gasteiger partial charge in [0.2, 0.25) is 5.91 Å². The zero-order valence-electron chi connectivity index (χ0n) is 14.9. The lowest BCUT2D eigenvalue weighted by molar-refractivity contribution is -0.136. The Morgan fingerprint density at radius 3 is 2.58 bits per heavy atom.